The van der Waals surface area contributed by atoms with Crippen molar-refractivity contribution in [3.8, 4) is 5.75 Å². The molecule has 1 unspecified atom stereocenters. The van der Waals surface area contributed by atoms with Crippen LogP contribution in [0.3, 0.4) is 0 Å². The van der Waals surface area contributed by atoms with E-state index in [2.05, 4.69) is 10.3 Å². The highest BCUT2D eigenvalue weighted by atomic mass is 16.5. The Morgan fingerprint density at radius 2 is 1.87 bits per heavy atom. The molecule has 1 aromatic heterocycles. The lowest BCUT2D eigenvalue weighted by atomic mass is 10.0. The summed E-state index contributed by atoms with van der Waals surface area (Å²) in [5.74, 6) is 0.688. The second kappa shape index (κ2) is 5.72. The minimum atomic E-state index is -0.155. The van der Waals surface area contributed by atoms with E-state index in [0.717, 1.165) is 28.6 Å². The summed E-state index contributed by atoms with van der Waals surface area (Å²) in [7, 11) is 0. The fraction of sp³-hybridized carbons (Fsp3) is 0.158. The Bertz CT molecular complexity index is 876. The number of hydrogen-bond donors (Lipinski definition) is 1. The summed E-state index contributed by atoms with van der Waals surface area (Å²) in [6.07, 6.45) is 0.760. The standard InChI is InChI=1S/C19H16N2O2/c22-19(17-10-9-13-5-1-3-7-15(13)20-17)21-16-11-12-23-18-8-4-2-6-14(16)18/h1-10,16H,11-12H2,(H,21,22). The molecule has 0 radical (unpaired) electrons. The first-order valence-corrected chi connectivity index (χ1v) is 7.70. The van der Waals surface area contributed by atoms with Crippen LogP contribution < -0.4 is 10.1 Å². The number of benzene rings is 2. The fourth-order valence-corrected chi connectivity index (χ4v) is 2.92. The first-order valence-electron chi connectivity index (χ1n) is 7.70. The normalized spacial score (nSPS) is 16.4. The number of nitrogens with one attached hydrogen (secondary N) is 1. The smallest absolute Gasteiger partial charge is 0.270 e. The number of rotatable bonds is 2. The first kappa shape index (κ1) is 13.8. The first-order chi connectivity index (χ1) is 11.3. The number of fused-ring (bicyclic) bond motifs is 2. The van der Waals surface area contributed by atoms with Crippen molar-refractivity contribution < 1.29 is 9.53 Å². The van der Waals surface area contributed by atoms with E-state index in [1.54, 1.807) is 6.07 Å². The average molecular weight is 304 g/mol. The van der Waals surface area contributed by atoms with Gasteiger partial charge >= 0.3 is 0 Å². The van der Waals surface area contributed by atoms with Gasteiger partial charge in [0.2, 0.25) is 0 Å². The molecule has 0 saturated carbocycles. The Hall–Kier alpha value is -2.88. The molecule has 0 aliphatic carbocycles. The maximum atomic E-state index is 12.6. The van der Waals surface area contributed by atoms with Crippen LogP contribution in [0.4, 0.5) is 0 Å². The summed E-state index contributed by atoms with van der Waals surface area (Å²) in [6, 6.07) is 19.3. The van der Waals surface area contributed by atoms with Gasteiger partial charge in [0.05, 0.1) is 18.2 Å². The van der Waals surface area contributed by atoms with Crippen LogP contribution in [0.2, 0.25) is 0 Å². The maximum absolute atomic E-state index is 12.6. The number of amides is 1. The van der Waals surface area contributed by atoms with Crippen molar-refractivity contribution in [1.82, 2.24) is 10.3 Å². The van der Waals surface area contributed by atoms with E-state index < -0.39 is 0 Å². The third-order valence-corrected chi connectivity index (χ3v) is 4.09. The zero-order valence-electron chi connectivity index (χ0n) is 12.5. The van der Waals surface area contributed by atoms with Crippen molar-refractivity contribution in [2.24, 2.45) is 0 Å². The molecule has 4 rings (SSSR count). The highest BCUT2D eigenvalue weighted by Crippen LogP contribution is 2.31. The van der Waals surface area contributed by atoms with Crippen molar-refractivity contribution >= 4 is 16.8 Å². The van der Waals surface area contributed by atoms with E-state index >= 15 is 0 Å². The topological polar surface area (TPSA) is 51.2 Å². The average Bonchev–Trinajstić information content (AvgIpc) is 2.61. The number of nitrogens with zero attached hydrogens (tertiary/aromatic N) is 1. The quantitative estimate of drug-likeness (QED) is 0.788. The van der Waals surface area contributed by atoms with Gasteiger partial charge in [0.15, 0.2) is 0 Å². The number of para-hydroxylation sites is 2. The SMILES string of the molecule is O=C(NC1CCOc2ccccc21)c1ccc2ccccc2n1. The third-order valence-electron chi connectivity index (χ3n) is 4.09. The number of pyridine rings is 1. The van der Waals surface area contributed by atoms with Gasteiger partial charge < -0.3 is 10.1 Å². The second-order valence-electron chi connectivity index (χ2n) is 5.59. The lowest BCUT2D eigenvalue weighted by Crippen LogP contribution is -2.32. The predicted molar refractivity (Wildman–Crippen MR) is 88.5 cm³/mol. The maximum Gasteiger partial charge on any atom is 0.270 e. The zero-order valence-corrected chi connectivity index (χ0v) is 12.5. The lowest BCUT2D eigenvalue weighted by Gasteiger charge is -2.26. The van der Waals surface area contributed by atoms with Crippen molar-refractivity contribution in [3.63, 3.8) is 0 Å². The number of carbonyl (C=O) groups excluding carboxylic acids is 1. The molecule has 1 aliphatic heterocycles. The molecule has 4 nitrogen and oxygen atoms in total. The van der Waals surface area contributed by atoms with Crippen LogP contribution >= 0.6 is 0 Å². The molecule has 2 aromatic carbocycles. The molecule has 0 fully saturated rings. The van der Waals surface area contributed by atoms with E-state index in [9.17, 15) is 4.79 Å². The molecule has 23 heavy (non-hydrogen) atoms. The zero-order chi connectivity index (χ0) is 15.6. The largest absolute Gasteiger partial charge is 0.493 e. The molecule has 3 aromatic rings. The van der Waals surface area contributed by atoms with E-state index in [1.165, 1.54) is 0 Å². The summed E-state index contributed by atoms with van der Waals surface area (Å²) in [6.45, 7) is 0.604. The van der Waals surface area contributed by atoms with E-state index in [4.69, 9.17) is 4.74 Å². The van der Waals surface area contributed by atoms with Crippen LogP contribution in [-0.2, 0) is 0 Å². The van der Waals surface area contributed by atoms with Gasteiger partial charge in [-0.2, -0.15) is 0 Å². The van der Waals surface area contributed by atoms with Crippen LogP contribution in [0.25, 0.3) is 10.9 Å². The van der Waals surface area contributed by atoms with Crippen molar-refractivity contribution in [2.45, 2.75) is 12.5 Å². The Balaban J connectivity index is 1.60. The second-order valence-corrected chi connectivity index (χ2v) is 5.59. The fourth-order valence-electron chi connectivity index (χ4n) is 2.92. The summed E-state index contributed by atoms with van der Waals surface area (Å²) in [5, 5.41) is 4.10. The molecule has 1 atom stereocenters. The molecule has 0 bridgehead atoms. The van der Waals surface area contributed by atoms with Gasteiger partial charge in [-0.1, -0.05) is 42.5 Å². The van der Waals surface area contributed by atoms with Crippen LogP contribution in [0.1, 0.15) is 28.5 Å². The van der Waals surface area contributed by atoms with Gasteiger partial charge in [0.25, 0.3) is 5.91 Å². The van der Waals surface area contributed by atoms with Crippen LogP contribution in [-0.4, -0.2) is 17.5 Å². The van der Waals surface area contributed by atoms with E-state index in [1.807, 2.05) is 54.6 Å². The molecule has 1 amide bonds. The number of hydrogen-bond acceptors (Lipinski definition) is 3. The number of aromatic nitrogens is 1. The minimum Gasteiger partial charge on any atom is -0.493 e. The van der Waals surface area contributed by atoms with Crippen LogP contribution in [0.15, 0.2) is 60.7 Å². The van der Waals surface area contributed by atoms with Crippen LogP contribution in [0.5, 0.6) is 5.75 Å². The number of carbonyl (C=O) groups is 1. The Morgan fingerprint density at radius 1 is 1.04 bits per heavy atom. The van der Waals surface area contributed by atoms with Crippen molar-refractivity contribution in [3.05, 3.63) is 71.9 Å². The summed E-state index contributed by atoms with van der Waals surface area (Å²) in [4.78, 5) is 17.0. The summed E-state index contributed by atoms with van der Waals surface area (Å²) >= 11 is 0. The van der Waals surface area contributed by atoms with Crippen molar-refractivity contribution in [1.29, 1.82) is 0 Å². The lowest BCUT2D eigenvalue weighted by molar-refractivity contribution is 0.0920. The van der Waals surface area contributed by atoms with Crippen LogP contribution in [0, 0.1) is 0 Å². The highest BCUT2D eigenvalue weighted by Gasteiger charge is 2.23. The van der Waals surface area contributed by atoms with Gasteiger partial charge in [0.1, 0.15) is 11.4 Å². The molecule has 0 spiro atoms. The minimum absolute atomic E-state index is 0.0410. The number of ether oxygens (including phenoxy) is 1. The monoisotopic (exact) mass is 304 g/mol. The predicted octanol–water partition coefficient (Wildman–Crippen LogP) is 3.49. The Labute approximate surface area is 134 Å². The molecular weight excluding hydrogens is 288 g/mol. The molecular formula is C19H16N2O2. The molecule has 2 heterocycles. The summed E-state index contributed by atoms with van der Waals surface area (Å²) in [5.41, 5.74) is 2.29. The third kappa shape index (κ3) is 2.63. The van der Waals surface area contributed by atoms with E-state index in [0.29, 0.717) is 12.3 Å². The summed E-state index contributed by atoms with van der Waals surface area (Å²) < 4.78 is 5.63. The van der Waals surface area contributed by atoms with Crippen molar-refractivity contribution in [2.75, 3.05) is 6.61 Å². The van der Waals surface area contributed by atoms with Gasteiger partial charge in [-0.25, -0.2) is 4.98 Å². The molecule has 114 valence electrons. The molecule has 4 heteroatoms. The van der Waals surface area contributed by atoms with Gasteiger partial charge in [-0.05, 0) is 18.2 Å². The van der Waals surface area contributed by atoms with Gasteiger partial charge in [-0.3, -0.25) is 4.79 Å². The van der Waals surface area contributed by atoms with Gasteiger partial charge in [-0.15, -0.1) is 0 Å². The molecule has 0 saturated heterocycles. The molecule has 1 aliphatic rings. The Morgan fingerprint density at radius 3 is 2.83 bits per heavy atom. The van der Waals surface area contributed by atoms with Gasteiger partial charge in [0, 0.05) is 17.4 Å². The van der Waals surface area contributed by atoms with E-state index in [-0.39, 0.29) is 11.9 Å². The Kier molecular flexibility index (Phi) is 3.42. The highest BCUT2D eigenvalue weighted by molar-refractivity contribution is 5.95. The molecule has 1 N–H and O–H groups in total.